The van der Waals surface area contributed by atoms with Gasteiger partial charge in [0.15, 0.2) is 5.76 Å². The number of halogens is 4. The van der Waals surface area contributed by atoms with Crippen LogP contribution in [0.25, 0.3) is 0 Å². The number of amides is 2. The number of ether oxygens (including phenoxy) is 1. The highest BCUT2D eigenvalue weighted by atomic mass is 35.5. The monoisotopic (exact) mass is 519 g/mol. The molecule has 1 aliphatic rings. The van der Waals surface area contributed by atoms with Gasteiger partial charge in [0.1, 0.15) is 11.5 Å². The standard InChI is InChI=1S/C25H21ClF3N3O4/c1-13-21-18(31-32-23(33)14-5-3-6-16(11-14)35-2)7-4-8-20(21)36-22(13)24(34)30-19-12-15(25(27,28)29)9-10-17(19)26/h3,5-6,9-12H,4,7-8H2,1-2H3,(H,30,34)(H,32,33)/b31-18+. The van der Waals surface area contributed by atoms with Crippen LogP contribution in [0.1, 0.15) is 56.2 Å². The highest BCUT2D eigenvalue weighted by Crippen LogP contribution is 2.35. The van der Waals surface area contributed by atoms with E-state index in [2.05, 4.69) is 15.8 Å². The van der Waals surface area contributed by atoms with Crippen molar-refractivity contribution >= 4 is 34.8 Å². The number of hydrogen-bond acceptors (Lipinski definition) is 5. The molecule has 2 aromatic carbocycles. The van der Waals surface area contributed by atoms with Gasteiger partial charge in [-0.15, -0.1) is 0 Å². The van der Waals surface area contributed by atoms with Crippen molar-refractivity contribution in [2.75, 3.05) is 12.4 Å². The van der Waals surface area contributed by atoms with Crippen LogP contribution in [0.3, 0.4) is 0 Å². The van der Waals surface area contributed by atoms with E-state index in [0.717, 1.165) is 18.2 Å². The number of nitrogens with one attached hydrogen (secondary N) is 2. The minimum Gasteiger partial charge on any atom is -0.497 e. The van der Waals surface area contributed by atoms with Gasteiger partial charge in [0, 0.05) is 23.1 Å². The van der Waals surface area contributed by atoms with Gasteiger partial charge in [-0.3, -0.25) is 9.59 Å². The Kier molecular flexibility index (Phi) is 7.07. The van der Waals surface area contributed by atoms with E-state index in [1.807, 2.05) is 0 Å². The summed E-state index contributed by atoms with van der Waals surface area (Å²) >= 11 is 6.00. The second-order valence-corrected chi connectivity index (χ2v) is 8.49. The molecule has 2 N–H and O–H groups in total. The number of nitrogens with zero attached hydrogens (tertiary/aromatic N) is 1. The number of hydrazone groups is 1. The first-order chi connectivity index (χ1) is 17.1. The Morgan fingerprint density at radius 1 is 1.11 bits per heavy atom. The lowest BCUT2D eigenvalue weighted by Crippen LogP contribution is -2.22. The van der Waals surface area contributed by atoms with Crippen molar-refractivity contribution in [3.05, 3.63) is 81.3 Å². The Morgan fingerprint density at radius 2 is 1.89 bits per heavy atom. The molecule has 0 saturated heterocycles. The maximum absolute atomic E-state index is 13.1. The van der Waals surface area contributed by atoms with Crippen molar-refractivity contribution in [3.8, 4) is 5.75 Å². The molecule has 0 bridgehead atoms. The largest absolute Gasteiger partial charge is 0.497 e. The molecule has 36 heavy (non-hydrogen) atoms. The molecule has 3 aromatic rings. The maximum Gasteiger partial charge on any atom is 0.416 e. The van der Waals surface area contributed by atoms with Crippen LogP contribution in [-0.2, 0) is 12.6 Å². The number of carbonyl (C=O) groups is 2. The summed E-state index contributed by atoms with van der Waals surface area (Å²) in [7, 11) is 1.50. The second-order valence-electron chi connectivity index (χ2n) is 8.09. The zero-order valence-electron chi connectivity index (χ0n) is 19.3. The van der Waals surface area contributed by atoms with Gasteiger partial charge in [-0.25, -0.2) is 5.43 Å². The third-order valence-corrected chi connectivity index (χ3v) is 6.03. The first-order valence-corrected chi connectivity index (χ1v) is 11.3. The predicted octanol–water partition coefficient (Wildman–Crippen LogP) is 5.99. The summed E-state index contributed by atoms with van der Waals surface area (Å²) < 4.78 is 50.1. The Labute approximate surface area is 209 Å². The highest BCUT2D eigenvalue weighted by Gasteiger charge is 2.32. The van der Waals surface area contributed by atoms with Gasteiger partial charge in [-0.2, -0.15) is 18.3 Å². The number of methoxy groups -OCH3 is 1. The maximum atomic E-state index is 13.1. The molecule has 188 valence electrons. The fourth-order valence-electron chi connectivity index (χ4n) is 3.92. The lowest BCUT2D eigenvalue weighted by atomic mass is 9.93. The van der Waals surface area contributed by atoms with Crippen molar-refractivity contribution in [1.82, 2.24) is 5.43 Å². The normalized spacial score (nSPS) is 14.3. The summed E-state index contributed by atoms with van der Waals surface area (Å²) in [5.41, 5.74) is 3.32. The molecule has 0 atom stereocenters. The molecule has 0 unspecified atom stereocenters. The van der Waals surface area contributed by atoms with Gasteiger partial charge in [0.2, 0.25) is 0 Å². The molecule has 11 heteroatoms. The predicted molar refractivity (Wildman–Crippen MR) is 128 cm³/mol. The van der Waals surface area contributed by atoms with E-state index < -0.39 is 23.6 Å². The van der Waals surface area contributed by atoms with E-state index in [9.17, 15) is 22.8 Å². The van der Waals surface area contributed by atoms with Gasteiger partial charge >= 0.3 is 6.18 Å². The average molecular weight is 520 g/mol. The number of aryl methyl sites for hydroxylation is 1. The minimum atomic E-state index is -4.59. The topological polar surface area (TPSA) is 92.9 Å². The van der Waals surface area contributed by atoms with Crippen molar-refractivity contribution in [1.29, 1.82) is 0 Å². The van der Waals surface area contributed by atoms with Gasteiger partial charge in [0.05, 0.1) is 29.1 Å². The van der Waals surface area contributed by atoms with Crippen LogP contribution >= 0.6 is 11.6 Å². The van der Waals surface area contributed by atoms with E-state index in [1.54, 1.807) is 31.2 Å². The van der Waals surface area contributed by atoms with Crippen LogP contribution in [-0.4, -0.2) is 24.6 Å². The van der Waals surface area contributed by atoms with Gasteiger partial charge in [-0.05, 0) is 56.2 Å². The molecule has 1 aromatic heterocycles. The summed E-state index contributed by atoms with van der Waals surface area (Å²) in [5, 5.41) is 6.62. The smallest absolute Gasteiger partial charge is 0.416 e. The molecular formula is C25H21ClF3N3O4. The quantitative estimate of drug-likeness (QED) is 0.405. The van der Waals surface area contributed by atoms with Crippen molar-refractivity contribution in [2.24, 2.45) is 5.10 Å². The number of benzene rings is 2. The summed E-state index contributed by atoms with van der Waals surface area (Å²) in [6.45, 7) is 1.65. The van der Waals surface area contributed by atoms with Crippen molar-refractivity contribution in [3.63, 3.8) is 0 Å². The molecule has 0 radical (unpaired) electrons. The number of rotatable bonds is 5. The molecule has 0 saturated carbocycles. The Bertz CT molecular complexity index is 1370. The van der Waals surface area contributed by atoms with Crippen LogP contribution in [0.2, 0.25) is 5.02 Å². The molecule has 1 aliphatic carbocycles. The summed E-state index contributed by atoms with van der Waals surface area (Å²) in [5.74, 6) is -0.220. The first kappa shape index (κ1) is 25.3. The summed E-state index contributed by atoms with van der Waals surface area (Å²) in [4.78, 5) is 25.5. The van der Waals surface area contributed by atoms with Crippen LogP contribution < -0.4 is 15.5 Å². The average Bonchev–Trinajstić information content (AvgIpc) is 3.20. The zero-order valence-corrected chi connectivity index (χ0v) is 20.0. The number of alkyl halides is 3. The number of fused-ring (bicyclic) bond motifs is 1. The lowest BCUT2D eigenvalue weighted by molar-refractivity contribution is -0.137. The van der Waals surface area contributed by atoms with Crippen LogP contribution in [0, 0.1) is 6.92 Å². The van der Waals surface area contributed by atoms with E-state index in [-0.39, 0.29) is 16.5 Å². The van der Waals surface area contributed by atoms with E-state index in [1.165, 1.54) is 7.11 Å². The van der Waals surface area contributed by atoms with Gasteiger partial charge < -0.3 is 14.5 Å². The third kappa shape index (κ3) is 5.23. The Hall–Kier alpha value is -3.79. The van der Waals surface area contributed by atoms with Gasteiger partial charge in [-0.1, -0.05) is 17.7 Å². The lowest BCUT2D eigenvalue weighted by Gasteiger charge is -2.13. The Morgan fingerprint density at radius 3 is 2.61 bits per heavy atom. The van der Waals surface area contributed by atoms with E-state index in [4.69, 9.17) is 20.8 Å². The zero-order chi connectivity index (χ0) is 26.0. The molecule has 0 spiro atoms. The van der Waals surface area contributed by atoms with E-state index >= 15 is 0 Å². The van der Waals surface area contributed by atoms with Crippen LogP contribution in [0.5, 0.6) is 5.75 Å². The summed E-state index contributed by atoms with van der Waals surface area (Å²) in [6.07, 6.45) is -2.85. The molecule has 0 aliphatic heterocycles. The van der Waals surface area contributed by atoms with Crippen LogP contribution in [0.15, 0.2) is 52.0 Å². The number of furan rings is 1. The molecular weight excluding hydrogens is 499 g/mol. The Balaban J connectivity index is 1.58. The molecule has 1 heterocycles. The number of hydrogen-bond donors (Lipinski definition) is 2. The molecule has 2 amide bonds. The van der Waals surface area contributed by atoms with Crippen molar-refractivity contribution < 1.29 is 31.9 Å². The molecule has 4 rings (SSSR count). The highest BCUT2D eigenvalue weighted by molar-refractivity contribution is 6.34. The fraction of sp³-hybridized carbons (Fsp3) is 0.240. The second kappa shape index (κ2) is 10.1. The summed E-state index contributed by atoms with van der Waals surface area (Å²) in [6, 6.07) is 9.25. The van der Waals surface area contributed by atoms with E-state index in [0.29, 0.717) is 53.2 Å². The SMILES string of the molecule is COc1cccc(C(=O)N/N=C2\CCCc3oc(C(=O)Nc4cc(C(F)(F)F)ccc4Cl)c(C)c32)c1. The van der Waals surface area contributed by atoms with Gasteiger partial charge in [0.25, 0.3) is 11.8 Å². The number of anilines is 1. The molecule has 0 fully saturated rings. The third-order valence-electron chi connectivity index (χ3n) is 5.70. The first-order valence-electron chi connectivity index (χ1n) is 10.9. The minimum absolute atomic E-state index is 0.0483. The molecule has 7 nitrogen and oxygen atoms in total. The van der Waals surface area contributed by atoms with Crippen molar-refractivity contribution in [2.45, 2.75) is 32.4 Å². The fourth-order valence-corrected chi connectivity index (χ4v) is 4.09. The van der Waals surface area contributed by atoms with Crippen LogP contribution in [0.4, 0.5) is 18.9 Å². The number of carbonyl (C=O) groups excluding carboxylic acids is 2.